The molecule has 2 unspecified atom stereocenters. The molecule has 1 N–H and O–H groups in total. The molecule has 0 saturated heterocycles. The van der Waals surface area contributed by atoms with Crippen molar-refractivity contribution in [2.75, 3.05) is 6.54 Å². The van der Waals surface area contributed by atoms with Crippen LogP contribution in [0, 0.1) is 5.92 Å². The summed E-state index contributed by atoms with van der Waals surface area (Å²) in [4.78, 5) is 0. The lowest BCUT2D eigenvalue weighted by atomic mass is 9.75. The van der Waals surface area contributed by atoms with Gasteiger partial charge in [0.05, 0.1) is 0 Å². The van der Waals surface area contributed by atoms with Crippen LogP contribution in [-0.4, -0.2) is 12.6 Å². The second kappa shape index (κ2) is 5.81. The smallest absolute Gasteiger partial charge is 0.00683 e. The van der Waals surface area contributed by atoms with Crippen LogP contribution in [0.2, 0.25) is 0 Å². The molecule has 2 fully saturated rings. The quantitative estimate of drug-likeness (QED) is 0.842. The van der Waals surface area contributed by atoms with Crippen LogP contribution in [-0.2, 0) is 0 Å². The zero-order chi connectivity index (χ0) is 14.1. The van der Waals surface area contributed by atoms with E-state index in [1.54, 1.807) is 5.56 Å². The van der Waals surface area contributed by atoms with Crippen molar-refractivity contribution in [3.63, 3.8) is 0 Å². The predicted molar refractivity (Wildman–Crippen MR) is 89.7 cm³/mol. The van der Waals surface area contributed by atoms with E-state index >= 15 is 0 Å². The molecule has 1 heteroatoms. The molecule has 0 heterocycles. The fourth-order valence-corrected chi connectivity index (χ4v) is 3.93. The van der Waals surface area contributed by atoms with E-state index in [1.165, 1.54) is 55.8 Å². The van der Waals surface area contributed by atoms with E-state index in [1.807, 2.05) is 0 Å². The normalized spacial score (nSPS) is 26.1. The molecule has 110 valence electrons. The highest BCUT2D eigenvalue weighted by atomic mass is 14.9. The van der Waals surface area contributed by atoms with E-state index in [0.717, 1.165) is 17.9 Å². The van der Waals surface area contributed by atoms with E-state index in [2.05, 4.69) is 47.8 Å². The summed E-state index contributed by atoms with van der Waals surface area (Å²) in [6.45, 7) is 1.22. The Kier molecular flexibility index (Phi) is 3.69. The van der Waals surface area contributed by atoms with Gasteiger partial charge in [-0.15, -0.1) is 0 Å². The van der Waals surface area contributed by atoms with Crippen LogP contribution in [0.25, 0.3) is 10.8 Å². The van der Waals surface area contributed by atoms with Gasteiger partial charge in [0.2, 0.25) is 0 Å². The van der Waals surface area contributed by atoms with Crippen molar-refractivity contribution in [1.82, 2.24) is 5.32 Å². The van der Waals surface area contributed by atoms with Gasteiger partial charge in [0.1, 0.15) is 0 Å². The summed E-state index contributed by atoms with van der Waals surface area (Å²) < 4.78 is 0. The first-order chi connectivity index (χ1) is 10.4. The molecule has 2 aromatic rings. The average Bonchev–Trinajstić information content (AvgIpc) is 3.37. The Balaban J connectivity index is 1.57. The van der Waals surface area contributed by atoms with Crippen molar-refractivity contribution >= 4 is 10.8 Å². The maximum absolute atomic E-state index is 3.76. The highest BCUT2D eigenvalue weighted by Crippen LogP contribution is 2.38. The molecule has 2 aromatic carbocycles. The molecule has 4 rings (SSSR count). The lowest BCUT2D eigenvalue weighted by Crippen LogP contribution is -2.30. The highest BCUT2D eigenvalue weighted by Gasteiger charge is 2.29. The van der Waals surface area contributed by atoms with Crippen LogP contribution in [0.4, 0.5) is 0 Å². The van der Waals surface area contributed by atoms with Crippen molar-refractivity contribution in [2.24, 2.45) is 5.92 Å². The van der Waals surface area contributed by atoms with Gasteiger partial charge < -0.3 is 5.32 Å². The number of nitrogens with one attached hydrogen (secondary N) is 1. The van der Waals surface area contributed by atoms with Gasteiger partial charge in [-0.3, -0.25) is 0 Å². The summed E-state index contributed by atoms with van der Waals surface area (Å²) in [5.74, 6) is 1.59. The number of hydrogen-bond donors (Lipinski definition) is 1. The molecule has 1 nitrogen and oxygen atoms in total. The van der Waals surface area contributed by atoms with Crippen molar-refractivity contribution in [2.45, 2.75) is 50.5 Å². The third-order valence-corrected chi connectivity index (χ3v) is 5.36. The summed E-state index contributed by atoms with van der Waals surface area (Å²) >= 11 is 0. The monoisotopic (exact) mass is 279 g/mol. The number of rotatable bonds is 4. The number of benzene rings is 2. The van der Waals surface area contributed by atoms with E-state index < -0.39 is 0 Å². The van der Waals surface area contributed by atoms with Crippen LogP contribution in [0.5, 0.6) is 0 Å². The topological polar surface area (TPSA) is 12.0 Å². The molecule has 0 aromatic heterocycles. The van der Waals surface area contributed by atoms with E-state index in [9.17, 15) is 0 Å². The second-order valence-corrected chi connectivity index (χ2v) is 6.94. The number of fused-ring (bicyclic) bond motifs is 1. The first-order valence-electron chi connectivity index (χ1n) is 8.62. The molecule has 2 saturated carbocycles. The summed E-state index contributed by atoms with van der Waals surface area (Å²) in [6.07, 6.45) is 8.38. The maximum atomic E-state index is 3.76. The minimum atomic E-state index is 0.759. The Labute approximate surface area is 127 Å². The van der Waals surface area contributed by atoms with Crippen molar-refractivity contribution in [3.05, 3.63) is 48.0 Å². The van der Waals surface area contributed by atoms with E-state index in [4.69, 9.17) is 0 Å². The molecular formula is C20H25N. The average molecular weight is 279 g/mol. The zero-order valence-corrected chi connectivity index (χ0v) is 12.7. The van der Waals surface area contributed by atoms with Crippen LogP contribution in [0.1, 0.15) is 50.0 Å². The van der Waals surface area contributed by atoms with Crippen molar-refractivity contribution in [3.8, 4) is 0 Å². The van der Waals surface area contributed by atoms with Crippen LogP contribution < -0.4 is 5.32 Å². The second-order valence-electron chi connectivity index (χ2n) is 6.94. The Morgan fingerprint density at radius 2 is 1.67 bits per heavy atom. The van der Waals surface area contributed by atoms with Gasteiger partial charge in [0.15, 0.2) is 0 Å². The van der Waals surface area contributed by atoms with Gasteiger partial charge >= 0.3 is 0 Å². The van der Waals surface area contributed by atoms with E-state index in [-0.39, 0.29) is 0 Å². The maximum Gasteiger partial charge on any atom is 0.00683 e. The molecule has 0 spiro atoms. The van der Waals surface area contributed by atoms with Crippen molar-refractivity contribution < 1.29 is 0 Å². The first kappa shape index (κ1) is 13.3. The first-order valence-corrected chi connectivity index (χ1v) is 8.62. The summed E-state index contributed by atoms with van der Waals surface area (Å²) in [5.41, 5.74) is 1.57. The third kappa shape index (κ3) is 2.98. The Morgan fingerprint density at radius 1 is 0.857 bits per heavy atom. The molecule has 0 bridgehead atoms. The van der Waals surface area contributed by atoms with Crippen LogP contribution in [0.3, 0.4) is 0 Å². The molecule has 2 aliphatic carbocycles. The van der Waals surface area contributed by atoms with Gasteiger partial charge in [-0.1, -0.05) is 55.3 Å². The minimum absolute atomic E-state index is 0.759. The van der Waals surface area contributed by atoms with Gasteiger partial charge in [-0.2, -0.15) is 0 Å². The predicted octanol–water partition coefficient (Wildman–Crippen LogP) is 4.87. The van der Waals surface area contributed by atoms with Gasteiger partial charge in [-0.05, 0) is 60.4 Å². The Hall–Kier alpha value is -1.34. The van der Waals surface area contributed by atoms with Gasteiger partial charge in [-0.25, -0.2) is 0 Å². The molecule has 2 atom stereocenters. The molecule has 0 amide bonds. The van der Waals surface area contributed by atoms with Gasteiger partial charge in [0, 0.05) is 6.04 Å². The fourth-order valence-electron chi connectivity index (χ4n) is 3.93. The summed E-state index contributed by atoms with van der Waals surface area (Å²) in [6, 6.07) is 16.7. The van der Waals surface area contributed by atoms with Gasteiger partial charge in [0.25, 0.3) is 0 Å². The Morgan fingerprint density at radius 3 is 2.52 bits per heavy atom. The fraction of sp³-hybridized carbons (Fsp3) is 0.500. The molecule has 21 heavy (non-hydrogen) atoms. The summed E-state index contributed by atoms with van der Waals surface area (Å²) in [7, 11) is 0. The zero-order valence-electron chi connectivity index (χ0n) is 12.7. The standard InChI is InChI=1S/C20H25N/c1-2-6-16-13-17(10-9-15(16)5-1)20-8-4-3-7-18(20)14-21-19-11-12-19/h1-2,5-6,9-10,13,18-21H,3-4,7-8,11-12,14H2. The third-order valence-electron chi connectivity index (χ3n) is 5.36. The lowest BCUT2D eigenvalue weighted by molar-refractivity contribution is 0.295. The number of hydrogen-bond acceptors (Lipinski definition) is 1. The van der Waals surface area contributed by atoms with Crippen LogP contribution >= 0.6 is 0 Å². The lowest BCUT2D eigenvalue weighted by Gasteiger charge is -2.32. The highest BCUT2D eigenvalue weighted by molar-refractivity contribution is 5.83. The van der Waals surface area contributed by atoms with Crippen molar-refractivity contribution in [1.29, 1.82) is 0 Å². The molecular weight excluding hydrogens is 254 g/mol. The van der Waals surface area contributed by atoms with E-state index in [0.29, 0.717) is 0 Å². The SMILES string of the molecule is c1ccc2cc(C3CCCCC3CNC3CC3)ccc2c1. The largest absolute Gasteiger partial charge is 0.314 e. The Bertz CT molecular complexity index is 614. The molecule has 0 aliphatic heterocycles. The minimum Gasteiger partial charge on any atom is -0.314 e. The summed E-state index contributed by atoms with van der Waals surface area (Å²) in [5, 5.41) is 6.53. The van der Waals surface area contributed by atoms with Crippen LogP contribution in [0.15, 0.2) is 42.5 Å². The molecule has 0 radical (unpaired) electrons. The molecule has 2 aliphatic rings.